The lowest BCUT2D eigenvalue weighted by Crippen LogP contribution is -2.14. The monoisotopic (exact) mass is 239 g/mol. The van der Waals surface area contributed by atoms with Crippen LogP contribution in [0.4, 0.5) is 0 Å². The number of hydrogen-bond donors (Lipinski definition) is 1. The topological polar surface area (TPSA) is 39.1 Å². The second-order valence-corrected chi connectivity index (χ2v) is 4.51. The van der Waals surface area contributed by atoms with Gasteiger partial charge in [-0.2, -0.15) is 5.10 Å². The summed E-state index contributed by atoms with van der Waals surface area (Å²) in [6, 6.07) is 0.396. The van der Waals surface area contributed by atoms with Crippen LogP contribution in [0.15, 0.2) is 12.4 Å². The van der Waals surface area contributed by atoms with E-state index in [1.165, 1.54) is 12.8 Å². The molecule has 4 nitrogen and oxygen atoms in total. The quantitative estimate of drug-likeness (QED) is 0.673. The van der Waals surface area contributed by atoms with E-state index in [1.54, 1.807) is 6.20 Å². The van der Waals surface area contributed by atoms with Gasteiger partial charge < -0.3 is 10.1 Å². The van der Waals surface area contributed by atoms with Gasteiger partial charge in [-0.25, -0.2) is 0 Å². The molecule has 0 aromatic carbocycles. The number of rotatable bonds is 9. The predicted molar refractivity (Wildman–Crippen MR) is 70.5 cm³/mol. The average molecular weight is 239 g/mol. The molecule has 1 aromatic heterocycles. The van der Waals surface area contributed by atoms with Crippen molar-refractivity contribution in [1.82, 2.24) is 15.1 Å². The van der Waals surface area contributed by atoms with Crippen molar-refractivity contribution >= 4 is 0 Å². The highest BCUT2D eigenvalue weighted by atomic mass is 16.5. The maximum absolute atomic E-state index is 5.64. The minimum Gasteiger partial charge on any atom is -0.490 e. The van der Waals surface area contributed by atoms with E-state index in [1.807, 2.05) is 10.9 Å². The van der Waals surface area contributed by atoms with E-state index in [9.17, 15) is 0 Å². The van der Waals surface area contributed by atoms with Crippen LogP contribution in [0.2, 0.25) is 0 Å². The molecule has 0 radical (unpaired) electrons. The summed E-state index contributed by atoms with van der Waals surface area (Å²) in [7, 11) is 0. The van der Waals surface area contributed by atoms with Crippen molar-refractivity contribution < 1.29 is 4.74 Å². The number of nitrogens with one attached hydrogen (secondary N) is 1. The number of hydrogen-bond acceptors (Lipinski definition) is 3. The lowest BCUT2D eigenvalue weighted by molar-refractivity contribution is 0.304. The van der Waals surface area contributed by atoms with E-state index in [0.717, 1.165) is 31.9 Å². The summed E-state index contributed by atoms with van der Waals surface area (Å²) in [6.07, 6.45) is 7.30. The Labute approximate surface area is 104 Å². The lowest BCUT2D eigenvalue weighted by atomic mass is 10.2. The Morgan fingerprint density at radius 1 is 1.35 bits per heavy atom. The fraction of sp³-hybridized carbons (Fsp3) is 0.769. The molecule has 0 saturated carbocycles. The molecular formula is C13H25N3O. The summed E-state index contributed by atoms with van der Waals surface area (Å²) in [4.78, 5) is 0. The molecule has 0 aliphatic rings. The van der Waals surface area contributed by atoms with Crippen LogP contribution in [0.3, 0.4) is 0 Å². The molecule has 0 amide bonds. The van der Waals surface area contributed by atoms with E-state index in [2.05, 4.69) is 31.2 Å². The van der Waals surface area contributed by atoms with Crippen molar-refractivity contribution in [3.8, 4) is 5.75 Å². The summed E-state index contributed by atoms with van der Waals surface area (Å²) in [5, 5.41) is 7.56. The molecule has 0 unspecified atom stereocenters. The molecule has 0 saturated heterocycles. The van der Waals surface area contributed by atoms with Gasteiger partial charge in [0, 0.05) is 6.04 Å². The van der Waals surface area contributed by atoms with E-state index in [4.69, 9.17) is 4.74 Å². The first kappa shape index (κ1) is 14.0. The Bertz CT molecular complexity index is 297. The minimum atomic E-state index is 0.396. The molecule has 0 atom stereocenters. The highest BCUT2D eigenvalue weighted by Gasteiger charge is 2.01. The normalized spacial score (nSPS) is 11.1. The summed E-state index contributed by atoms with van der Waals surface area (Å²) in [5.41, 5.74) is 0. The van der Waals surface area contributed by atoms with Crippen molar-refractivity contribution in [3.05, 3.63) is 12.4 Å². The van der Waals surface area contributed by atoms with E-state index in [0.29, 0.717) is 6.04 Å². The molecule has 0 aliphatic carbocycles. The second-order valence-electron chi connectivity index (χ2n) is 4.51. The number of aromatic nitrogens is 2. The van der Waals surface area contributed by atoms with Crippen LogP contribution in [0, 0.1) is 0 Å². The van der Waals surface area contributed by atoms with Gasteiger partial charge in [0.1, 0.15) is 0 Å². The smallest absolute Gasteiger partial charge is 0.157 e. The first-order chi connectivity index (χ1) is 8.24. The summed E-state index contributed by atoms with van der Waals surface area (Å²) in [5.74, 6) is 0.880. The van der Waals surface area contributed by atoms with Crippen molar-refractivity contribution in [1.29, 1.82) is 0 Å². The van der Waals surface area contributed by atoms with Gasteiger partial charge in [-0.15, -0.1) is 0 Å². The van der Waals surface area contributed by atoms with Gasteiger partial charge in [0.25, 0.3) is 0 Å². The summed E-state index contributed by atoms with van der Waals surface area (Å²) >= 11 is 0. The minimum absolute atomic E-state index is 0.396. The summed E-state index contributed by atoms with van der Waals surface area (Å²) in [6.45, 7) is 9.31. The highest BCUT2D eigenvalue weighted by molar-refractivity contribution is 5.11. The SMILES string of the molecule is CCNCCCCCOc1cnn(C(C)C)c1. The fourth-order valence-corrected chi connectivity index (χ4v) is 1.57. The average Bonchev–Trinajstić information content (AvgIpc) is 2.77. The molecule has 0 bridgehead atoms. The molecule has 98 valence electrons. The van der Waals surface area contributed by atoms with Crippen LogP contribution in [0.5, 0.6) is 5.75 Å². The van der Waals surface area contributed by atoms with E-state index >= 15 is 0 Å². The Kier molecular flexibility index (Phi) is 6.70. The van der Waals surface area contributed by atoms with Gasteiger partial charge in [0.15, 0.2) is 5.75 Å². The van der Waals surface area contributed by atoms with Gasteiger partial charge in [0.2, 0.25) is 0 Å². The molecule has 4 heteroatoms. The Balaban J connectivity index is 2.05. The number of ether oxygens (including phenoxy) is 1. The van der Waals surface area contributed by atoms with E-state index in [-0.39, 0.29) is 0 Å². The van der Waals surface area contributed by atoms with Gasteiger partial charge >= 0.3 is 0 Å². The van der Waals surface area contributed by atoms with Crippen LogP contribution >= 0.6 is 0 Å². The molecule has 1 heterocycles. The molecule has 0 spiro atoms. The van der Waals surface area contributed by atoms with Gasteiger partial charge in [0.05, 0.1) is 19.0 Å². The van der Waals surface area contributed by atoms with E-state index < -0.39 is 0 Å². The van der Waals surface area contributed by atoms with Gasteiger partial charge in [-0.05, 0) is 46.2 Å². The molecule has 1 aromatic rings. The molecule has 1 rings (SSSR count). The van der Waals surface area contributed by atoms with Crippen LogP contribution in [0.25, 0.3) is 0 Å². The summed E-state index contributed by atoms with van der Waals surface area (Å²) < 4.78 is 7.56. The lowest BCUT2D eigenvalue weighted by Gasteiger charge is -2.05. The predicted octanol–water partition coefficient (Wildman–Crippen LogP) is 2.62. The highest BCUT2D eigenvalue weighted by Crippen LogP contribution is 2.12. The van der Waals surface area contributed by atoms with Gasteiger partial charge in [-0.3, -0.25) is 4.68 Å². The zero-order valence-electron chi connectivity index (χ0n) is 11.3. The van der Waals surface area contributed by atoms with Crippen LogP contribution in [0.1, 0.15) is 46.1 Å². The Morgan fingerprint density at radius 3 is 2.82 bits per heavy atom. The standard InChI is InChI=1S/C13H25N3O/c1-4-14-8-6-5-7-9-17-13-10-15-16(11-13)12(2)3/h10-12,14H,4-9H2,1-3H3. The second kappa shape index (κ2) is 8.12. The van der Waals surface area contributed by atoms with Crippen LogP contribution in [-0.4, -0.2) is 29.5 Å². The molecule has 0 aliphatic heterocycles. The number of nitrogens with zero attached hydrogens (tertiary/aromatic N) is 2. The fourth-order valence-electron chi connectivity index (χ4n) is 1.57. The van der Waals surface area contributed by atoms with Crippen molar-refractivity contribution in [2.45, 2.75) is 46.1 Å². The first-order valence-electron chi connectivity index (χ1n) is 6.61. The molecule has 1 N–H and O–H groups in total. The van der Waals surface area contributed by atoms with Crippen molar-refractivity contribution in [3.63, 3.8) is 0 Å². The third kappa shape index (κ3) is 5.73. The third-order valence-electron chi connectivity index (χ3n) is 2.62. The maximum Gasteiger partial charge on any atom is 0.157 e. The van der Waals surface area contributed by atoms with Crippen LogP contribution in [-0.2, 0) is 0 Å². The Hall–Kier alpha value is -1.03. The van der Waals surface area contributed by atoms with Crippen molar-refractivity contribution in [2.75, 3.05) is 19.7 Å². The third-order valence-corrected chi connectivity index (χ3v) is 2.62. The number of unbranched alkanes of at least 4 members (excludes halogenated alkanes) is 2. The Morgan fingerprint density at radius 2 is 2.18 bits per heavy atom. The molecule has 0 fully saturated rings. The molecular weight excluding hydrogens is 214 g/mol. The maximum atomic E-state index is 5.64. The van der Waals surface area contributed by atoms with Crippen molar-refractivity contribution in [2.24, 2.45) is 0 Å². The largest absolute Gasteiger partial charge is 0.490 e. The van der Waals surface area contributed by atoms with Gasteiger partial charge in [-0.1, -0.05) is 6.92 Å². The zero-order chi connectivity index (χ0) is 12.5. The zero-order valence-corrected chi connectivity index (χ0v) is 11.3. The van der Waals surface area contributed by atoms with Crippen LogP contribution < -0.4 is 10.1 Å². The first-order valence-corrected chi connectivity index (χ1v) is 6.61. The molecule has 17 heavy (non-hydrogen) atoms.